The van der Waals surface area contributed by atoms with Crippen molar-refractivity contribution in [2.75, 3.05) is 0 Å². The SMILES string of the molecule is CC1=CCC(c2ccccc2-[c+]2cccccc2)O1. The predicted octanol–water partition coefficient (Wildman–Crippen LogP) is 5.00. The van der Waals surface area contributed by atoms with Crippen LogP contribution in [0.2, 0.25) is 0 Å². The summed E-state index contributed by atoms with van der Waals surface area (Å²) in [5.41, 5.74) is 3.75. The first-order valence-electron chi connectivity index (χ1n) is 6.66. The molecule has 0 saturated heterocycles. The highest BCUT2D eigenvalue weighted by Gasteiger charge is 2.24. The Morgan fingerprint density at radius 3 is 2.42 bits per heavy atom. The van der Waals surface area contributed by atoms with Crippen molar-refractivity contribution in [2.24, 2.45) is 0 Å². The highest BCUT2D eigenvalue weighted by atomic mass is 16.5. The Morgan fingerprint density at radius 1 is 1.00 bits per heavy atom. The van der Waals surface area contributed by atoms with E-state index in [4.69, 9.17) is 4.74 Å². The van der Waals surface area contributed by atoms with Crippen molar-refractivity contribution in [1.82, 2.24) is 0 Å². The van der Waals surface area contributed by atoms with Gasteiger partial charge in [0.25, 0.3) is 0 Å². The number of allylic oxidation sites excluding steroid dienone is 1. The molecule has 19 heavy (non-hydrogen) atoms. The summed E-state index contributed by atoms with van der Waals surface area (Å²) in [6.07, 6.45) is 3.27. The minimum Gasteiger partial charge on any atom is -0.482 e. The second-order valence-electron chi connectivity index (χ2n) is 4.80. The molecular formula is C18H17O+. The average Bonchev–Trinajstić information content (AvgIpc) is 2.71. The maximum absolute atomic E-state index is 5.89. The lowest BCUT2D eigenvalue weighted by Crippen LogP contribution is -1.99. The van der Waals surface area contributed by atoms with Crippen molar-refractivity contribution in [3.05, 3.63) is 78.1 Å². The highest BCUT2D eigenvalue weighted by molar-refractivity contribution is 5.67. The molecule has 94 valence electrons. The molecule has 0 radical (unpaired) electrons. The predicted molar refractivity (Wildman–Crippen MR) is 78.5 cm³/mol. The Hall–Kier alpha value is -2.15. The number of hydrogen-bond acceptors (Lipinski definition) is 1. The molecule has 0 aliphatic carbocycles. The van der Waals surface area contributed by atoms with E-state index in [-0.39, 0.29) is 6.10 Å². The fraction of sp³-hybridized carbons (Fsp3) is 0.167. The van der Waals surface area contributed by atoms with E-state index in [9.17, 15) is 0 Å². The second kappa shape index (κ2) is 5.23. The van der Waals surface area contributed by atoms with Crippen molar-refractivity contribution in [3.63, 3.8) is 0 Å². The normalized spacial score (nSPS) is 17.7. The molecule has 0 saturated carbocycles. The first-order chi connectivity index (χ1) is 9.34. The number of hydrogen-bond donors (Lipinski definition) is 0. The fourth-order valence-electron chi connectivity index (χ4n) is 2.51. The Kier molecular flexibility index (Phi) is 3.28. The van der Waals surface area contributed by atoms with Crippen molar-refractivity contribution >= 4 is 0 Å². The van der Waals surface area contributed by atoms with Crippen LogP contribution in [0, 0.1) is 0 Å². The van der Waals surface area contributed by atoms with Gasteiger partial charge in [-0.25, -0.2) is 0 Å². The molecule has 3 rings (SSSR count). The van der Waals surface area contributed by atoms with Gasteiger partial charge in [-0.15, -0.1) is 0 Å². The molecule has 1 aliphatic heterocycles. The maximum atomic E-state index is 5.89. The third-order valence-electron chi connectivity index (χ3n) is 3.45. The van der Waals surface area contributed by atoms with E-state index in [1.54, 1.807) is 0 Å². The summed E-state index contributed by atoms with van der Waals surface area (Å²) in [7, 11) is 0. The van der Waals surface area contributed by atoms with Gasteiger partial charge in [0.05, 0.1) is 22.4 Å². The van der Waals surface area contributed by atoms with Gasteiger partial charge >= 0.3 is 0 Å². The van der Waals surface area contributed by atoms with Crippen molar-refractivity contribution in [1.29, 1.82) is 0 Å². The summed E-state index contributed by atoms with van der Waals surface area (Å²) in [5.74, 6) is 1.03. The summed E-state index contributed by atoms with van der Waals surface area (Å²) in [4.78, 5) is 0. The van der Waals surface area contributed by atoms with Crippen LogP contribution in [0.15, 0.2) is 72.5 Å². The topological polar surface area (TPSA) is 9.23 Å². The van der Waals surface area contributed by atoms with Crippen LogP contribution in [-0.4, -0.2) is 0 Å². The van der Waals surface area contributed by atoms with Gasteiger partial charge in [0.1, 0.15) is 0 Å². The van der Waals surface area contributed by atoms with Crippen LogP contribution >= 0.6 is 0 Å². The Morgan fingerprint density at radius 2 is 1.74 bits per heavy atom. The van der Waals surface area contributed by atoms with E-state index in [2.05, 4.69) is 54.6 Å². The zero-order chi connectivity index (χ0) is 13.1. The molecule has 0 bridgehead atoms. The average molecular weight is 249 g/mol. The molecule has 0 amide bonds. The lowest BCUT2D eigenvalue weighted by Gasteiger charge is -2.12. The lowest BCUT2D eigenvalue weighted by atomic mass is 9.96. The number of ether oxygens (including phenoxy) is 1. The van der Waals surface area contributed by atoms with Crippen LogP contribution in [0.1, 0.15) is 25.0 Å². The van der Waals surface area contributed by atoms with Crippen LogP contribution in [0.3, 0.4) is 0 Å². The van der Waals surface area contributed by atoms with Gasteiger partial charge < -0.3 is 4.74 Å². The Balaban J connectivity index is 2.04. The van der Waals surface area contributed by atoms with Crippen molar-refractivity contribution in [3.8, 4) is 11.1 Å². The number of benzene rings is 1. The minimum atomic E-state index is 0.154. The van der Waals surface area contributed by atoms with Gasteiger partial charge in [0.2, 0.25) is 0 Å². The van der Waals surface area contributed by atoms with E-state index in [0.717, 1.165) is 12.2 Å². The molecule has 1 aliphatic rings. The third-order valence-corrected chi connectivity index (χ3v) is 3.45. The Bertz CT molecular complexity index is 601. The van der Waals surface area contributed by atoms with Gasteiger partial charge in [-0.05, 0) is 55.5 Å². The van der Waals surface area contributed by atoms with Crippen LogP contribution in [0.5, 0.6) is 0 Å². The molecule has 1 atom stereocenters. The van der Waals surface area contributed by atoms with Gasteiger partial charge in [-0.3, -0.25) is 0 Å². The van der Waals surface area contributed by atoms with Gasteiger partial charge in [0.15, 0.2) is 6.10 Å². The van der Waals surface area contributed by atoms with E-state index in [0.29, 0.717) is 0 Å². The lowest BCUT2D eigenvalue weighted by molar-refractivity contribution is 0.147. The van der Waals surface area contributed by atoms with Gasteiger partial charge in [-0.1, -0.05) is 0 Å². The molecule has 0 N–H and O–H groups in total. The molecule has 2 aromatic carbocycles. The molecule has 2 aromatic rings. The van der Waals surface area contributed by atoms with E-state index < -0.39 is 0 Å². The zero-order valence-corrected chi connectivity index (χ0v) is 11.0. The summed E-state index contributed by atoms with van der Waals surface area (Å²) >= 11 is 0. The largest absolute Gasteiger partial charge is 0.482 e. The van der Waals surface area contributed by atoms with Crippen molar-refractivity contribution < 1.29 is 4.74 Å². The zero-order valence-electron chi connectivity index (χ0n) is 11.0. The van der Waals surface area contributed by atoms with E-state index in [1.807, 2.05) is 19.1 Å². The molecular weight excluding hydrogens is 232 g/mol. The smallest absolute Gasteiger partial charge is 0.153 e. The van der Waals surface area contributed by atoms with Crippen molar-refractivity contribution in [2.45, 2.75) is 19.4 Å². The summed E-state index contributed by atoms with van der Waals surface area (Å²) in [5, 5.41) is 0. The van der Waals surface area contributed by atoms with Crippen LogP contribution in [0.4, 0.5) is 0 Å². The first-order valence-corrected chi connectivity index (χ1v) is 6.66. The summed E-state index contributed by atoms with van der Waals surface area (Å²) in [6, 6.07) is 21.0. The second-order valence-corrected chi connectivity index (χ2v) is 4.80. The summed E-state index contributed by atoms with van der Waals surface area (Å²) < 4.78 is 5.89. The van der Waals surface area contributed by atoms with Crippen LogP contribution in [-0.2, 0) is 4.74 Å². The molecule has 0 spiro atoms. The summed E-state index contributed by atoms with van der Waals surface area (Å²) in [6.45, 7) is 2.02. The fourth-order valence-corrected chi connectivity index (χ4v) is 2.51. The van der Waals surface area contributed by atoms with Crippen LogP contribution in [0.25, 0.3) is 11.1 Å². The standard InChI is InChI=1S/C18H17O/c1-14-12-13-18(19-14)17-11-7-6-10-16(17)15-8-4-2-3-5-9-15/h2-12,18H,13H2,1H3/q+1. The molecule has 1 heteroatoms. The van der Waals surface area contributed by atoms with Crippen LogP contribution < -0.4 is 0 Å². The molecule has 1 nitrogen and oxygen atoms in total. The van der Waals surface area contributed by atoms with E-state index >= 15 is 0 Å². The quantitative estimate of drug-likeness (QED) is 0.680. The molecule has 1 heterocycles. The maximum Gasteiger partial charge on any atom is 0.153 e. The third kappa shape index (κ3) is 2.50. The van der Waals surface area contributed by atoms with Gasteiger partial charge in [0, 0.05) is 24.6 Å². The molecule has 1 unspecified atom stereocenters. The molecule has 0 aromatic heterocycles. The minimum absolute atomic E-state index is 0.154. The van der Waals surface area contributed by atoms with E-state index in [1.165, 1.54) is 16.7 Å². The first kappa shape index (κ1) is 11.9. The number of rotatable bonds is 2. The van der Waals surface area contributed by atoms with Gasteiger partial charge in [-0.2, -0.15) is 0 Å². The Labute approximate surface area is 114 Å². The monoisotopic (exact) mass is 249 g/mol. The highest BCUT2D eigenvalue weighted by Crippen LogP contribution is 2.36. The molecule has 0 fully saturated rings.